The molecule has 5 nitrogen and oxygen atoms in total. The summed E-state index contributed by atoms with van der Waals surface area (Å²) in [6.45, 7) is 6.38. The summed E-state index contributed by atoms with van der Waals surface area (Å²) in [5.74, 6) is 0.773. The summed E-state index contributed by atoms with van der Waals surface area (Å²) in [5.41, 5.74) is 1.99. The zero-order chi connectivity index (χ0) is 16.8. The van der Waals surface area contributed by atoms with E-state index in [1.165, 1.54) is 0 Å². The normalized spacial score (nSPS) is 13.4. The number of carbonyl (C=O) groups excluding carboxylic acids is 1. The number of carbonyl (C=O) groups is 1. The predicted octanol–water partition coefficient (Wildman–Crippen LogP) is 3.01. The lowest BCUT2D eigenvalue weighted by Crippen LogP contribution is -2.32. The van der Waals surface area contributed by atoms with Gasteiger partial charge in [-0.05, 0) is 32.4 Å². The van der Waals surface area contributed by atoms with E-state index < -0.39 is 0 Å². The summed E-state index contributed by atoms with van der Waals surface area (Å²) in [5, 5.41) is 7.36. The lowest BCUT2D eigenvalue weighted by Gasteiger charge is -2.17. The standard InChI is InChI=1S/C18H25N3O2/c1-13(10-11-23-16-8-6-5-7-9-16)18(22)19-14(2)17-12-21(4)20-15(17)3/h5-9,12-14H,10-11H2,1-4H3,(H,19,22)/t13-,14-/m0/s1. The average molecular weight is 315 g/mol. The molecule has 124 valence electrons. The quantitative estimate of drug-likeness (QED) is 0.854. The minimum atomic E-state index is -0.0989. The van der Waals surface area contributed by atoms with Crippen LogP contribution in [0.3, 0.4) is 0 Å². The number of benzene rings is 1. The van der Waals surface area contributed by atoms with Gasteiger partial charge in [0.1, 0.15) is 5.75 Å². The minimum absolute atomic E-state index is 0.0393. The fourth-order valence-corrected chi connectivity index (χ4v) is 2.48. The van der Waals surface area contributed by atoms with Crippen molar-refractivity contribution in [3.63, 3.8) is 0 Å². The molecule has 2 rings (SSSR count). The fraction of sp³-hybridized carbons (Fsp3) is 0.444. The second-order valence-corrected chi connectivity index (χ2v) is 5.93. The van der Waals surface area contributed by atoms with Crippen molar-refractivity contribution < 1.29 is 9.53 Å². The molecule has 5 heteroatoms. The van der Waals surface area contributed by atoms with E-state index in [-0.39, 0.29) is 17.9 Å². The monoisotopic (exact) mass is 315 g/mol. The third-order valence-electron chi connectivity index (χ3n) is 3.89. The summed E-state index contributed by atoms with van der Waals surface area (Å²) < 4.78 is 7.41. The largest absolute Gasteiger partial charge is 0.494 e. The third kappa shape index (κ3) is 4.84. The minimum Gasteiger partial charge on any atom is -0.494 e. The molecule has 0 aliphatic heterocycles. The molecule has 1 amide bonds. The Hall–Kier alpha value is -2.30. The Morgan fingerprint density at radius 1 is 1.30 bits per heavy atom. The van der Waals surface area contributed by atoms with Crippen molar-refractivity contribution >= 4 is 5.91 Å². The van der Waals surface area contributed by atoms with Crippen LogP contribution in [-0.2, 0) is 11.8 Å². The van der Waals surface area contributed by atoms with Crippen molar-refractivity contribution in [1.29, 1.82) is 0 Å². The maximum atomic E-state index is 12.3. The lowest BCUT2D eigenvalue weighted by molar-refractivity contribution is -0.125. The van der Waals surface area contributed by atoms with Crippen molar-refractivity contribution in [1.82, 2.24) is 15.1 Å². The molecule has 0 saturated carbocycles. The number of nitrogens with zero attached hydrogens (tertiary/aromatic N) is 2. The number of nitrogens with one attached hydrogen (secondary N) is 1. The first-order valence-electron chi connectivity index (χ1n) is 7.95. The van der Waals surface area contributed by atoms with Crippen molar-refractivity contribution in [2.45, 2.75) is 33.2 Å². The van der Waals surface area contributed by atoms with E-state index in [2.05, 4.69) is 10.4 Å². The Labute approximate surface area is 137 Å². The number of hydrogen-bond acceptors (Lipinski definition) is 3. The lowest BCUT2D eigenvalue weighted by atomic mass is 10.1. The number of aromatic nitrogens is 2. The van der Waals surface area contributed by atoms with Crippen LogP contribution in [-0.4, -0.2) is 22.3 Å². The SMILES string of the molecule is Cc1nn(C)cc1[C@H](C)NC(=O)[C@@H](C)CCOc1ccccc1. The smallest absolute Gasteiger partial charge is 0.223 e. The molecule has 0 unspecified atom stereocenters. The van der Waals surface area contributed by atoms with E-state index in [4.69, 9.17) is 4.74 Å². The van der Waals surface area contributed by atoms with Crippen LogP contribution in [0.5, 0.6) is 5.75 Å². The number of aryl methyl sites for hydroxylation is 2. The van der Waals surface area contributed by atoms with Crippen LogP contribution in [0.25, 0.3) is 0 Å². The van der Waals surface area contributed by atoms with E-state index in [9.17, 15) is 4.79 Å². The van der Waals surface area contributed by atoms with Crippen LogP contribution >= 0.6 is 0 Å². The third-order valence-corrected chi connectivity index (χ3v) is 3.89. The number of hydrogen-bond donors (Lipinski definition) is 1. The molecule has 0 radical (unpaired) electrons. The van der Waals surface area contributed by atoms with Gasteiger partial charge < -0.3 is 10.1 Å². The van der Waals surface area contributed by atoms with E-state index in [0.29, 0.717) is 13.0 Å². The zero-order valence-corrected chi connectivity index (χ0v) is 14.2. The van der Waals surface area contributed by atoms with Gasteiger partial charge in [0, 0.05) is 24.7 Å². The molecule has 0 spiro atoms. The fourth-order valence-electron chi connectivity index (χ4n) is 2.48. The first-order chi connectivity index (χ1) is 11.0. The molecule has 1 aromatic carbocycles. The second kappa shape index (κ2) is 7.81. The Bertz CT molecular complexity index is 637. The summed E-state index contributed by atoms with van der Waals surface area (Å²) >= 11 is 0. The number of amides is 1. The van der Waals surface area contributed by atoms with Crippen LogP contribution in [0.2, 0.25) is 0 Å². The highest BCUT2D eigenvalue weighted by Gasteiger charge is 2.18. The second-order valence-electron chi connectivity index (χ2n) is 5.93. The van der Waals surface area contributed by atoms with Crippen LogP contribution in [0.4, 0.5) is 0 Å². The Balaban J connectivity index is 1.79. The van der Waals surface area contributed by atoms with Crippen molar-refractivity contribution in [2.24, 2.45) is 13.0 Å². The van der Waals surface area contributed by atoms with Gasteiger partial charge in [0.15, 0.2) is 0 Å². The molecule has 23 heavy (non-hydrogen) atoms. The molecule has 0 aliphatic rings. The molecule has 2 atom stereocenters. The van der Waals surface area contributed by atoms with Gasteiger partial charge in [-0.15, -0.1) is 0 Å². The summed E-state index contributed by atoms with van der Waals surface area (Å²) in [6.07, 6.45) is 2.63. The highest BCUT2D eigenvalue weighted by atomic mass is 16.5. The average Bonchev–Trinajstić information content (AvgIpc) is 2.87. The molecular weight excluding hydrogens is 290 g/mol. The molecule has 0 fully saturated rings. The van der Waals surface area contributed by atoms with Crippen molar-refractivity contribution in [2.75, 3.05) is 6.61 Å². The van der Waals surface area contributed by atoms with E-state index in [1.54, 1.807) is 4.68 Å². The van der Waals surface area contributed by atoms with Crippen LogP contribution in [0, 0.1) is 12.8 Å². The van der Waals surface area contributed by atoms with Crippen LogP contribution in [0.15, 0.2) is 36.5 Å². The van der Waals surface area contributed by atoms with Gasteiger partial charge in [0.25, 0.3) is 0 Å². The molecule has 2 aromatic rings. The Morgan fingerprint density at radius 3 is 2.61 bits per heavy atom. The molecule has 1 aromatic heterocycles. The maximum absolute atomic E-state index is 12.3. The van der Waals surface area contributed by atoms with E-state index in [1.807, 2.05) is 64.3 Å². The molecule has 0 bridgehead atoms. The summed E-state index contributed by atoms with van der Waals surface area (Å²) in [6, 6.07) is 9.60. The van der Waals surface area contributed by atoms with Gasteiger partial charge >= 0.3 is 0 Å². The molecule has 0 aliphatic carbocycles. The van der Waals surface area contributed by atoms with Gasteiger partial charge in [-0.1, -0.05) is 25.1 Å². The molecular formula is C18H25N3O2. The number of ether oxygens (including phenoxy) is 1. The van der Waals surface area contributed by atoms with Gasteiger partial charge in [0.05, 0.1) is 18.3 Å². The van der Waals surface area contributed by atoms with Gasteiger partial charge in [-0.3, -0.25) is 9.48 Å². The van der Waals surface area contributed by atoms with E-state index in [0.717, 1.165) is 17.0 Å². The number of rotatable bonds is 7. The molecule has 1 heterocycles. The molecule has 1 N–H and O–H groups in total. The first-order valence-corrected chi connectivity index (χ1v) is 7.95. The van der Waals surface area contributed by atoms with Crippen molar-refractivity contribution in [3.05, 3.63) is 47.8 Å². The maximum Gasteiger partial charge on any atom is 0.223 e. The highest BCUT2D eigenvalue weighted by Crippen LogP contribution is 2.17. The first kappa shape index (κ1) is 17.1. The van der Waals surface area contributed by atoms with Crippen molar-refractivity contribution in [3.8, 4) is 5.75 Å². The Kier molecular flexibility index (Phi) is 5.79. The topological polar surface area (TPSA) is 56.2 Å². The van der Waals surface area contributed by atoms with E-state index >= 15 is 0 Å². The van der Waals surface area contributed by atoms with Gasteiger partial charge in [-0.25, -0.2) is 0 Å². The predicted molar refractivity (Wildman–Crippen MR) is 90.2 cm³/mol. The number of para-hydroxylation sites is 1. The summed E-state index contributed by atoms with van der Waals surface area (Å²) in [4.78, 5) is 12.3. The van der Waals surface area contributed by atoms with Gasteiger partial charge in [-0.2, -0.15) is 5.10 Å². The molecule has 0 saturated heterocycles. The zero-order valence-electron chi connectivity index (χ0n) is 14.2. The Morgan fingerprint density at radius 2 is 2.00 bits per heavy atom. The summed E-state index contributed by atoms with van der Waals surface area (Å²) in [7, 11) is 1.88. The highest BCUT2D eigenvalue weighted by molar-refractivity contribution is 5.78. The van der Waals surface area contributed by atoms with Crippen LogP contribution in [0.1, 0.15) is 37.6 Å². The van der Waals surface area contributed by atoms with Gasteiger partial charge in [0.2, 0.25) is 5.91 Å². The van der Waals surface area contributed by atoms with Crippen LogP contribution < -0.4 is 10.1 Å².